The molecule has 104 valence electrons. The van der Waals surface area contributed by atoms with Crippen molar-refractivity contribution in [3.63, 3.8) is 0 Å². The SMILES string of the molecule is NCc1cc(Br)ccc1Oc1cc(Cl)ccc1[N+](=O)[O-]. The fraction of sp³-hybridized carbons (Fsp3) is 0.0769. The maximum atomic E-state index is 11.0. The molecule has 0 radical (unpaired) electrons. The van der Waals surface area contributed by atoms with Gasteiger partial charge in [0, 0.05) is 33.7 Å². The number of hydrogen-bond acceptors (Lipinski definition) is 4. The number of nitro groups is 1. The minimum atomic E-state index is -0.521. The van der Waals surface area contributed by atoms with E-state index in [9.17, 15) is 10.1 Å². The Balaban J connectivity index is 2.44. The van der Waals surface area contributed by atoms with Crippen molar-refractivity contribution in [2.75, 3.05) is 0 Å². The van der Waals surface area contributed by atoms with E-state index in [1.165, 1.54) is 18.2 Å². The Morgan fingerprint density at radius 2 is 2.00 bits per heavy atom. The summed E-state index contributed by atoms with van der Waals surface area (Å²) < 4.78 is 6.45. The standard InChI is InChI=1S/C13H10BrClN2O3/c14-9-1-4-12(8(5-9)7-16)20-13-6-10(15)2-3-11(13)17(18)19/h1-6H,7,16H2. The second-order valence-corrected chi connectivity index (χ2v) is 5.28. The smallest absolute Gasteiger partial charge is 0.311 e. The van der Waals surface area contributed by atoms with E-state index in [0.29, 0.717) is 10.8 Å². The topological polar surface area (TPSA) is 78.4 Å². The van der Waals surface area contributed by atoms with Crippen LogP contribution in [0, 0.1) is 10.1 Å². The van der Waals surface area contributed by atoms with Gasteiger partial charge in [0.1, 0.15) is 5.75 Å². The number of halogens is 2. The van der Waals surface area contributed by atoms with Crippen molar-refractivity contribution in [3.05, 3.63) is 61.6 Å². The first-order valence-corrected chi connectivity index (χ1v) is 6.78. The average molecular weight is 358 g/mol. The maximum Gasteiger partial charge on any atom is 0.311 e. The van der Waals surface area contributed by atoms with Gasteiger partial charge in [-0.25, -0.2) is 0 Å². The minimum Gasteiger partial charge on any atom is -0.450 e. The van der Waals surface area contributed by atoms with Gasteiger partial charge in [0.25, 0.3) is 0 Å². The van der Waals surface area contributed by atoms with Gasteiger partial charge < -0.3 is 10.5 Å². The van der Waals surface area contributed by atoms with Crippen molar-refractivity contribution in [2.24, 2.45) is 5.73 Å². The van der Waals surface area contributed by atoms with Crippen LogP contribution in [0.5, 0.6) is 11.5 Å². The predicted molar refractivity (Wildman–Crippen MR) is 80.2 cm³/mol. The summed E-state index contributed by atoms with van der Waals surface area (Å²) in [6, 6.07) is 9.41. The Labute approximate surface area is 128 Å². The number of ether oxygens (including phenoxy) is 1. The van der Waals surface area contributed by atoms with Crippen molar-refractivity contribution < 1.29 is 9.66 Å². The lowest BCUT2D eigenvalue weighted by atomic mass is 10.2. The van der Waals surface area contributed by atoms with Crippen LogP contribution in [0.2, 0.25) is 5.02 Å². The molecule has 0 aromatic heterocycles. The second kappa shape index (κ2) is 6.21. The van der Waals surface area contributed by atoms with Crippen molar-refractivity contribution >= 4 is 33.2 Å². The zero-order chi connectivity index (χ0) is 14.7. The van der Waals surface area contributed by atoms with Crippen LogP contribution >= 0.6 is 27.5 Å². The Hall–Kier alpha value is -1.63. The molecule has 0 unspecified atom stereocenters. The van der Waals surface area contributed by atoms with Crippen LogP contribution < -0.4 is 10.5 Å². The third kappa shape index (κ3) is 3.27. The van der Waals surface area contributed by atoms with E-state index < -0.39 is 4.92 Å². The molecule has 0 spiro atoms. The molecule has 7 heteroatoms. The molecule has 2 aromatic rings. The van der Waals surface area contributed by atoms with Gasteiger partial charge in [0.15, 0.2) is 0 Å². The summed E-state index contributed by atoms with van der Waals surface area (Å²) in [7, 11) is 0. The van der Waals surface area contributed by atoms with Crippen LogP contribution in [0.25, 0.3) is 0 Å². The molecule has 0 aliphatic rings. The predicted octanol–water partition coefficient (Wildman–Crippen LogP) is 4.26. The van der Waals surface area contributed by atoms with E-state index in [2.05, 4.69) is 15.9 Å². The summed E-state index contributed by atoms with van der Waals surface area (Å²) in [5.74, 6) is 0.542. The van der Waals surface area contributed by atoms with Crippen molar-refractivity contribution in [2.45, 2.75) is 6.54 Å². The number of nitrogens with zero attached hydrogens (tertiary/aromatic N) is 1. The van der Waals surface area contributed by atoms with Gasteiger partial charge in [0.2, 0.25) is 5.75 Å². The van der Waals surface area contributed by atoms with Gasteiger partial charge in [-0.3, -0.25) is 10.1 Å². The van der Waals surface area contributed by atoms with Gasteiger partial charge in [-0.15, -0.1) is 0 Å². The summed E-state index contributed by atoms with van der Waals surface area (Å²) in [5.41, 5.74) is 6.22. The van der Waals surface area contributed by atoms with E-state index in [1.54, 1.807) is 18.2 Å². The molecule has 0 heterocycles. The molecule has 2 N–H and O–H groups in total. The van der Waals surface area contributed by atoms with Crippen LogP contribution in [0.3, 0.4) is 0 Å². The van der Waals surface area contributed by atoms with Crippen LogP contribution in [-0.2, 0) is 6.54 Å². The van der Waals surface area contributed by atoms with E-state index >= 15 is 0 Å². The molecule has 5 nitrogen and oxygen atoms in total. The van der Waals surface area contributed by atoms with Crippen LogP contribution in [-0.4, -0.2) is 4.92 Å². The Morgan fingerprint density at radius 1 is 1.25 bits per heavy atom. The Morgan fingerprint density at radius 3 is 2.65 bits per heavy atom. The lowest BCUT2D eigenvalue weighted by molar-refractivity contribution is -0.385. The van der Waals surface area contributed by atoms with E-state index in [-0.39, 0.29) is 18.0 Å². The molecule has 0 saturated heterocycles. The first-order chi connectivity index (χ1) is 9.51. The molecule has 20 heavy (non-hydrogen) atoms. The quantitative estimate of drug-likeness (QED) is 0.655. The lowest BCUT2D eigenvalue weighted by Gasteiger charge is -2.11. The maximum absolute atomic E-state index is 11.0. The fourth-order valence-electron chi connectivity index (χ4n) is 1.65. The Kier molecular flexibility index (Phi) is 4.59. The monoisotopic (exact) mass is 356 g/mol. The largest absolute Gasteiger partial charge is 0.450 e. The zero-order valence-corrected chi connectivity index (χ0v) is 12.5. The number of benzene rings is 2. The van der Waals surface area contributed by atoms with Crippen LogP contribution in [0.4, 0.5) is 5.69 Å². The molecule has 2 rings (SSSR count). The summed E-state index contributed by atoms with van der Waals surface area (Å²) in [5, 5.41) is 11.3. The van der Waals surface area contributed by atoms with Crippen molar-refractivity contribution in [1.82, 2.24) is 0 Å². The number of nitrogens with two attached hydrogens (primary N) is 1. The van der Waals surface area contributed by atoms with E-state index in [1.807, 2.05) is 0 Å². The second-order valence-electron chi connectivity index (χ2n) is 3.93. The molecular weight excluding hydrogens is 348 g/mol. The molecule has 2 aromatic carbocycles. The van der Waals surface area contributed by atoms with Crippen molar-refractivity contribution in [3.8, 4) is 11.5 Å². The summed E-state index contributed by atoms with van der Waals surface area (Å²) >= 11 is 9.18. The van der Waals surface area contributed by atoms with Gasteiger partial charge in [-0.1, -0.05) is 27.5 Å². The highest BCUT2D eigenvalue weighted by molar-refractivity contribution is 9.10. The molecule has 0 aliphatic heterocycles. The highest BCUT2D eigenvalue weighted by Gasteiger charge is 2.17. The first kappa shape index (κ1) is 14.8. The normalized spacial score (nSPS) is 10.3. The summed E-state index contributed by atoms with van der Waals surface area (Å²) in [6.45, 7) is 0.253. The third-order valence-corrected chi connectivity index (χ3v) is 3.31. The fourth-order valence-corrected chi connectivity index (χ4v) is 2.22. The number of hydrogen-bond donors (Lipinski definition) is 1. The van der Waals surface area contributed by atoms with E-state index in [4.69, 9.17) is 22.1 Å². The van der Waals surface area contributed by atoms with Gasteiger partial charge in [0.05, 0.1) is 4.92 Å². The van der Waals surface area contributed by atoms with Crippen LogP contribution in [0.1, 0.15) is 5.56 Å². The van der Waals surface area contributed by atoms with Gasteiger partial charge in [-0.05, 0) is 24.3 Å². The molecular formula is C13H10BrClN2O3. The highest BCUT2D eigenvalue weighted by Crippen LogP contribution is 2.35. The highest BCUT2D eigenvalue weighted by atomic mass is 79.9. The number of rotatable bonds is 4. The van der Waals surface area contributed by atoms with Crippen LogP contribution in [0.15, 0.2) is 40.9 Å². The molecule has 0 atom stereocenters. The molecule has 0 bridgehead atoms. The van der Waals surface area contributed by atoms with Gasteiger partial charge in [-0.2, -0.15) is 0 Å². The summed E-state index contributed by atoms with van der Waals surface area (Å²) in [6.07, 6.45) is 0. The Bertz CT molecular complexity index is 664. The minimum absolute atomic E-state index is 0.0829. The molecule has 0 amide bonds. The summed E-state index contributed by atoms with van der Waals surface area (Å²) in [4.78, 5) is 10.5. The van der Waals surface area contributed by atoms with Crippen molar-refractivity contribution in [1.29, 1.82) is 0 Å². The third-order valence-electron chi connectivity index (χ3n) is 2.58. The first-order valence-electron chi connectivity index (χ1n) is 5.61. The molecule has 0 fully saturated rings. The number of nitro benzene ring substituents is 1. The van der Waals surface area contributed by atoms with E-state index in [0.717, 1.165) is 10.0 Å². The van der Waals surface area contributed by atoms with Gasteiger partial charge >= 0.3 is 5.69 Å². The molecule has 0 saturated carbocycles. The molecule has 0 aliphatic carbocycles. The average Bonchev–Trinajstić information content (AvgIpc) is 2.40. The lowest BCUT2D eigenvalue weighted by Crippen LogP contribution is -2.00. The zero-order valence-electron chi connectivity index (χ0n) is 10.2.